The van der Waals surface area contributed by atoms with E-state index in [1.54, 1.807) is 7.11 Å². The SMILES string of the molecule is CCNC(=NCC(C)(C)OC)NCC(C)C.I. The summed E-state index contributed by atoms with van der Waals surface area (Å²) >= 11 is 0. The molecule has 0 aliphatic heterocycles. The summed E-state index contributed by atoms with van der Waals surface area (Å²) in [7, 11) is 1.71. The molecule has 0 aromatic carbocycles. The highest BCUT2D eigenvalue weighted by Crippen LogP contribution is 2.06. The molecule has 0 bridgehead atoms. The Hall–Kier alpha value is -0.0400. The van der Waals surface area contributed by atoms with Crippen LogP contribution < -0.4 is 10.6 Å². The van der Waals surface area contributed by atoms with Gasteiger partial charge in [0.25, 0.3) is 0 Å². The van der Waals surface area contributed by atoms with E-state index in [9.17, 15) is 0 Å². The molecule has 0 aromatic heterocycles. The number of hydrogen-bond acceptors (Lipinski definition) is 2. The molecule has 5 heteroatoms. The Bertz CT molecular complexity index is 218. The van der Waals surface area contributed by atoms with Gasteiger partial charge in [0, 0.05) is 20.2 Å². The van der Waals surface area contributed by atoms with Crippen molar-refractivity contribution in [2.24, 2.45) is 10.9 Å². The number of ether oxygens (including phenoxy) is 1. The third-order valence-corrected chi connectivity index (χ3v) is 2.19. The molecule has 0 amide bonds. The number of guanidine groups is 1. The highest BCUT2D eigenvalue weighted by atomic mass is 127. The lowest BCUT2D eigenvalue weighted by Gasteiger charge is -2.21. The van der Waals surface area contributed by atoms with Crippen LogP contribution in [0.5, 0.6) is 0 Å². The third kappa shape index (κ3) is 10.8. The number of nitrogens with one attached hydrogen (secondary N) is 2. The minimum Gasteiger partial charge on any atom is -0.377 e. The number of methoxy groups -OCH3 is 1. The normalized spacial score (nSPS) is 12.3. The molecule has 0 rings (SSSR count). The Balaban J connectivity index is 0. The van der Waals surface area contributed by atoms with Crippen LogP contribution in [0.25, 0.3) is 0 Å². The maximum absolute atomic E-state index is 5.33. The molecular weight excluding hydrogens is 329 g/mol. The molecule has 0 aliphatic rings. The van der Waals surface area contributed by atoms with Gasteiger partial charge in [0.05, 0.1) is 12.1 Å². The fourth-order valence-electron chi connectivity index (χ4n) is 0.977. The molecule has 0 unspecified atom stereocenters. The van der Waals surface area contributed by atoms with Gasteiger partial charge in [-0.3, -0.25) is 4.99 Å². The van der Waals surface area contributed by atoms with E-state index >= 15 is 0 Å². The highest BCUT2D eigenvalue weighted by Gasteiger charge is 2.15. The first-order valence-electron chi connectivity index (χ1n) is 5.98. The topological polar surface area (TPSA) is 45.7 Å². The second-order valence-corrected chi connectivity index (χ2v) is 4.93. The number of nitrogens with zero attached hydrogens (tertiary/aromatic N) is 1. The van der Waals surface area contributed by atoms with Crippen LogP contribution >= 0.6 is 24.0 Å². The average molecular weight is 357 g/mol. The molecule has 0 saturated heterocycles. The van der Waals surface area contributed by atoms with Crippen molar-refractivity contribution in [2.45, 2.75) is 40.2 Å². The largest absolute Gasteiger partial charge is 0.377 e. The Labute approximate surface area is 123 Å². The summed E-state index contributed by atoms with van der Waals surface area (Å²) in [6, 6.07) is 0. The van der Waals surface area contributed by atoms with Crippen LogP contribution in [0.15, 0.2) is 4.99 Å². The Kier molecular flexibility index (Phi) is 11.3. The monoisotopic (exact) mass is 357 g/mol. The van der Waals surface area contributed by atoms with Gasteiger partial charge in [-0.15, -0.1) is 24.0 Å². The van der Waals surface area contributed by atoms with Gasteiger partial charge >= 0.3 is 0 Å². The van der Waals surface area contributed by atoms with Crippen LogP contribution in [0.4, 0.5) is 0 Å². The molecule has 0 aliphatic carbocycles. The fourth-order valence-corrected chi connectivity index (χ4v) is 0.977. The van der Waals surface area contributed by atoms with Crippen molar-refractivity contribution in [3.05, 3.63) is 0 Å². The van der Waals surface area contributed by atoms with Gasteiger partial charge in [-0.2, -0.15) is 0 Å². The van der Waals surface area contributed by atoms with Gasteiger partial charge in [-0.05, 0) is 26.7 Å². The fraction of sp³-hybridized carbons (Fsp3) is 0.917. The van der Waals surface area contributed by atoms with E-state index in [1.165, 1.54) is 0 Å². The van der Waals surface area contributed by atoms with E-state index in [1.807, 2.05) is 13.8 Å². The van der Waals surface area contributed by atoms with Gasteiger partial charge in [0.15, 0.2) is 5.96 Å². The Morgan fingerprint density at radius 2 is 1.88 bits per heavy atom. The van der Waals surface area contributed by atoms with E-state index in [4.69, 9.17) is 4.74 Å². The standard InChI is InChI=1S/C12H27N3O.HI/c1-7-13-11(14-8-10(2)3)15-9-12(4,5)16-6;/h10H,7-9H2,1-6H3,(H2,13,14,15);1H. The summed E-state index contributed by atoms with van der Waals surface area (Å²) < 4.78 is 5.33. The predicted molar refractivity (Wildman–Crippen MR) is 85.3 cm³/mol. The van der Waals surface area contributed by atoms with Crippen LogP contribution in [0, 0.1) is 5.92 Å². The summed E-state index contributed by atoms with van der Waals surface area (Å²) in [6.45, 7) is 12.9. The van der Waals surface area contributed by atoms with Crippen molar-refractivity contribution >= 4 is 29.9 Å². The maximum atomic E-state index is 5.33. The molecule has 17 heavy (non-hydrogen) atoms. The van der Waals surface area contributed by atoms with Gasteiger partial charge in [0.1, 0.15) is 0 Å². The quantitative estimate of drug-likeness (QED) is 0.435. The molecule has 0 radical (unpaired) electrons. The van der Waals surface area contributed by atoms with Gasteiger partial charge in [-0.1, -0.05) is 13.8 Å². The maximum Gasteiger partial charge on any atom is 0.191 e. The van der Waals surface area contributed by atoms with E-state index in [2.05, 4.69) is 36.4 Å². The summed E-state index contributed by atoms with van der Waals surface area (Å²) in [5.41, 5.74) is -0.208. The van der Waals surface area contributed by atoms with Crippen LogP contribution in [-0.4, -0.2) is 38.3 Å². The second-order valence-electron chi connectivity index (χ2n) is 4.93. The van der Waals surface area contributed by atoms with Crippen molar-refractivity contribution in [1.29, 1.82) is 0 Å². The molecule has 0 saturated carbocycles. The van der Waals surface area contributed by atoms with Crippen molar-refractivity contribution < 1.29 is 4.74 Å². The molecule has 2 N–H and O–H groups in total. The van der Waals surface area contributed by atoms with Crippen molar-refractivity contribution in [1.82, 2.24) is 10.6 Å². The number of aliphatic imine (C=N–C) groups is 1. The van der Waals surface area contributed by atoms with Crippen LogP contribution in [0.3, 0.4) is 0 Å². The number of halogens is 1. The van der Waals surface area contributed by atoms with E-state index in [0.29, 0.717) is 12.5 Å². The molecular formula is C12H28IN3O. The average Bonchev–Trinajstić information content (AvgIpc) is 2.22. The lowest BCUT2D eigenvalue weighted by Crippen LogP contribution is -2.40. The minimum atomic E-state index is -0.208. The first-order valence-corrected chi connectivity index (χ1v) is 5.98. The summed E-state index contributed by atoms with van der Waals surface area (Å²) in [5.74, 6) is 1.47. The molecule has 0 heterocycles. The molecule has 104 valence electrons. The van der Waals surface area contributed by atoms with Gasteiger partial charge in [-0.25, -0.2) is 0 Å². The molecule has 0 atom stereocenters. The number of hydrogen-bond donors (Lipinski definition) is 2. The van der Waals surface area contributed by atoms with Crippen LogP contribution in [0.1, 0.15) is 34.6 Å². The number of rotatable bonds is 6. The first kappa shape index (κ1) is 19.3. The van der Waals surface area contributed by atoms with Crippen molar-refractivity contribution in [3.8, 4) is 0 Å². The Morgan fingerprint density at radius 1 is 1.29 bits per heavy atom. The van der Waals surface area contributed by atoms with E-state index in [0.717, 1.165) is 19.0 Å². The molecule has 0 spiro atoms. The zero-order chi connectivity index (χ0) is 12.6. The zero-order valence-corrected chi connectivity index (χ0v) is 14.3. The van der Waals surface area contributed by atoms with Crippen molar-refractivity contribution in [2.75, 3.05) is 26.7 Å². The predicted octanol–water partition coefficient (Wildman–Crippen LogP) is 2.24. The second kappa shape index (κ2) is 9.94. The Morgan fingerprint density at radius 3 is 2.29 bits per heavy atom. The lowest BCUT2D eigenvalue weighted by molar-refractivity contribution is 0.0310. The van der Waals surface area contributed by atoms with Gasteiger partial charge in [0.2, 0.25) is 0 Å². The third-order valence-electron chi connectivity index (χ3n) is 2.19. The molecule has 0 aromatic rings. The lowest BCUT2D eigenvalue weighted by atomic mass is 10.1. The summed E-state index contributed by atoms with van der Waals surface area (Å²) in [6.07, 6.45) is 0. The van der Waals surface area contributed by atoms with E-state index < -0.39 is 0 Å². The van der Waals surface area contributed by atoms with Crippen molar-refractivity contribution in [3.63, 3.8) is 0 Å². The van der Waals surface area contributed by atoms with Crippen LogP contribution in [0.2, 0.25) is 0 Å². The van der Waals surface area contributed by atoms with E-state index in [-0.39, 0.29) is 29.6 Å². The minimum absolute atomic E-state index is 0. The smallest absolute Gasteiger partial charge is 0.191 e. The zero-order valence-electron chi connectivity index (χ0n) is 12.0. The van der Waals surface area contributed by atoms with Crippen LogP contribution in [-0.2, 0) is 4.74 Å². The summed E-state index contributed by atoms with van der Waals surface area (Å²) in [5, 5.41) is 6.52. The highest BCUT2D eigenvalue weighted by molar-refractivity contribution is 14.0. The molecule has 0 fully saturated rings. The van der Waals surface area contributed by atoms with Gasteiger partial charge < -0.3 is 15.4 Å². The molecule has 4 nitrogen and oxygen atoms in total. The first-order chi connectivity index (χ1) is 7.41. The summed E-state index contributed by atoms with van der Waals surface area (Å²) in [4.78, 5) is 4.50.